The number of anilines is 1. The third-order valence-corrected chi connectivity index (χ3v) is 6.92. The van der Waals surface area contributed by atoms with E-state index in [1.165, 1.54) is 6.07 Å². The fourth-order valence-corrected chi connectivity index (χ4v) is 4.54. The van der Waals surface area contributed by atoms with Crippen LogP contribution in [0.5, 0.6) is 0 Å². The van der Waals surface area contributed by atoms with Crippen molar-refractivity contribution >= 4 is 32.6 Å². The van der Waals surface area contributed by atoms with E-state index < -0.39 is 15.1 Å². The lowest BCUT2D eigenvalue weighted by Gasteiger charge is -2.20. The van der Waals surface area contributed by atoms with E-state index in [1.54, 1.807) is 19.9 Å². The fourth-order valence-electron chi connectivity index (χ4n) is 3.32. The molecule has 1 saturated carbocycles. The number of H-pyrrole nitrogens is 1. The number of aromatic nitrogens is 2. The van der Waals surface area contributed by atoms with Crippen molar-refractivity contribution in [1.29, 1.82) is 0 Å². The SMILES string of the molecule is CC(C)S(=O)(=O)c1cc(C(=O)C2CCCCC2)cc2[nH]c(N)nc12. The second-order valence-corrected chi connectivity index (χ2v) is 9.26. The van der Waals surface area contributed by atoms with Gasteiger partial charge in [-0.3, -0.25) is 4.79 Å². The van der Waals surface area contributed by atoms with Gasteiger partial charge in [0.05, 0.1) is 15.7 Å². The second-order valence-electron chi connectivity index (χ2n) is 6.79. The number of carbonyl (C=O) groups excluding carboxylic acids is 1. The number of imidazole rings is 1. The van der Waals surface area contributed by atoms with Crippen LogP contribution in [-0.4, -0.2) is 29.4 Å². The van der Waals surface area contributed by atoms with E-state index in [0.717, 1.165) is 32.1 Å². The molecule has 2 aromatic rings. The Bertz CT molecular complexity index is 878. The van der Waals surface area contributed by atoms with E-state index in [4.69, 9.17) is 5.73 Å². The third kappa shape index (κ3) is 2.92. The van der Waals surface area contributed by atoms with Gasteiger partial charge >= 0.3 is 0 Å². The number of carbonyl (C=O) groups is 1. The number of sulfone groups is 1. The van der Waals surface area contributed by atoms with Gasteiger partial charge < -0.3 is 10.7 Å². The van der Waals surface area contributed by atoms with Crippen LogP contribution in [0.2, 0.25) is 0 Å². The predicted molar refractivity (Wildman–Crippen MR) is 93.7 cm³/mol. The zero-order chi connectivity index (χ0) is 17.5. The van der Waals surface area contributed by atoms with Crippen LogP contribution < -0.4 is 5.73 Å². The molecule has 1 heterocycles. The Balaban J connectivity index is 2.15. The van der Waals surface area contributed by atoms with Gasteiger partial charge in [-0.25, -0.2) is 13.4 Å². The highest BCUT2D eigenvalue weighted by atomic mass is 32.2. The topological polar surface area (TPSA) is 106 Å². The average Bonchev–Trinajstić information content (AvgIpc) is 2.93. The summed E-state index contributed by atoms with van der Waals surface area (Å²) in [4.78, 5) is 19.9. The number of fused-ring (bicyclic) bond motifs is 1. The highest BCUT2D eigenvalue weighted by Crippen LogP contribution is 2.31. The van der Waals surface area contributed by atoms with Crippen molar-refractivity contribution in [3.05, 3.63) is 17.7 Å². The van der Waals surface area contributed by atoms with Crippen LogP contribution >= 0.6 is 0 Å². The average molecular weight is 349 g/mol. The molecule has 24 heavy (non-hydrogen) atoms. The first-order valence-electron chi connectivity index (χ1n) is 8.38. The summed E-state index contributed by atoms with van der Waals surface area (Å²) in [5.41, 5.74) is 6.93. The molecular formula is C17H23N3O3S. The van der Waals surface area contributed by atoms with Crippen molar-refractivity contribution in [3.63, 3.8) is 0 Å². The molecule has 0 unspecified atom stereocenters. The van der Waals surface area contributed by atoms with E-state index in [9.17, 15) is 13.2 Å². The Kier molecular flexibility index (Phi) is 4.38. The molecule has 0 amide bonds. The van der Waals surface area contributed by atoms with Gasteiger partial charge in [-0.05, 0) is 38.8 Å². The molecule has 0 saturated heterocycles. The zero-order valence-electron chi connectivity index (χ0n) is 14.0. The molecule has 1 aromatic carbocycles. The van der Waals surface area contributed by atoms with E-state index >= 15 is 0 Å². The number of nitrogens with two attached hydrogens (primary N) is 1. The maximum Gasteiger partial charge on any atom is 0.198 e. The largest absolute Gasteiger partial charge is 0.369 e. The van der Waals surface area contributed by atoms with Gasteiger partial charge in [0.2, 0.25) is 0 Å². The Morgan fingerprint density at radius 2 is 1.92 bits per heavy atom. The number of aromatic amines is 1. The van der Waals surface area contributed by atoms with Crippen LogP contribution in [0.15, 0.2) is 17.0 Å². The smallest absolute Gasteiger partial charge is 0.198 e. The Labute approximate surface area is 141 Å². The minimum Gasteiger partial charge on any atom is -0.369 e. The Hall–Kier alpha value is -1.89. The van der Waals surface area contributed by atoms with Crippen molar-refractivity contribution in [3.8, 4) is 0 Å². The highest BCUT2D eigenvalue weighted by molar-refractivity contribution is 7.92. The van der Waals surface area contributed by atoms with Gasteiger partial charge in [0, 0.05) is 11.5 Å². The normalized spacial score (nSPS) is 16.8. The van der Waals surface area contributed by atoms with Crippen LogP contribution in [0.3, 0.4) is 0 Å². The molecule has 1 fully saturated rings. The molecule has 130 valence electrons. The van der Waals surface area contributed by atoms with Gasteiger partial charge in [0.25, 0.3) is 0 Å². The minimum absolute atomic E-state index is 0.0185. The number of nitrogen functional groups attached to an aromatic ring is 1. The molecular weight excluding hydrogens is 326 g/mol. The number of nitrogens with zero attached hydrogens (tertiary/aromatic N) is 1. The van der Waals surface area contributed by atoms with E-state index in [2.05, 4.69) is 9.97 Å². The third-order valence-electron chi connectivity index (χ3n) is 4.76. The summed E-state index contributed by atoms with van der Waals surface area (Å²) in [7, 11) is -3.57. The molecule has 3 N–H and O–H groups in total. The lowest BCUT2D eigenvalue weighted by molar-refractivity contribution is 0.0889. The highest BCUT2D eigenvalue weighted by Gasteiger charge is 2.28. The molecule has 7 heteroatoms. The fraction of sp³-hybridized carbons (Fsp3) is 0.529. The molecule has 1 aliphatic carbocycles. The Morgan fingerprint density at radius 3 is 2.54 bits per heavy atom. The van der Waals surface area contributed by atoms with Gasteiger partial charge in [0.15, 0.2) is 21.6 Å². The second kappa shape index (κ2) is 6.20. The van der Waals surface area contributed by atoms with Crippen molar-refractivity contribution in [1.82, 2.24) is 9.97 Å². The predicted octanol–water partition coefficient (Wildman–Crippen LogP) is 3.09. The maximum atomic E-state index is 12.8. The number of hydrogen-bond acceptors (Lipinski definition) is 5. The van der Waals surface area contributed by atoms with Gasteiger partial charge in [-0.15, -0.1) is 0 Å². The maximum absolute atomic E-state index is 12.8. The monoisotopic (exact) mass is 349 g/mol. The molecule has 0 atom stereocenters. The minimum atomic E-state index is -3.57. The number of rotatable bonds is 4. The number of ketones is 1. The van der Waals surface area contributed by atoms with Gasteiger partial charge in [-0.2, -0.15) is 0 Å². The van der Waals surface area contributed by atoms with Gasteiger partial charge in [-0.1, -0.05) is 19.3 Å². The van der Waals surface area contributed by atoms with Crippen LogP contribution in [0, 0.1) is 5.92 Å². The molecule has 1 aliphatic rings. The number of hydrogen-bond donors (Lipinski definition) is 2. The summed E-state index contributed by atoms with van der Waals surface area (Å²) in [6.45, 7) is 3.24. The first kappa shape index (κ1) is 17.0. The molecule has 3 rings (SSSR count). The Morgan fingerprint density at radius 1 is 1.25 bits per heavy atom. The van der Waals surface area contributed by atoms with Crippen LogP contribution in [0.4, 0.5) is 5.95 Å². The lowest BCUT2D eigenvalue weighted by Crippen LogP contribution is -2.19. The van der Waals surface area contributed by atoms with Crippen LogP contribution in [0.25, 0.3) is 11.0 Å². The van der Waals surface area contributed by atoms with Gasteiger partial charge in [0.1, 0.15) is 5.52 Å². The van der Waals surface area contributed by atoms with Crippen LogP contribution in [0.1, 0.15) is 56.3 Å². The molecule has 0 radical (unpaired) electrons. The van der Waals surface area contributed by atoms with E-state index in [-0.39, 0.29) is 22.5 Å². The van der Waals surface area contributed by atoms with Crippen molar-refractivity contribution < 1.29 is 13.2 Å². The molecule has 0 spiro atoms. The molecule has 0 bridgehead atoms. The standard InChI is InChI=1S/C17H23N3O3S/c1-10(2)24(22,23)14-9-12(8-13-15(14)20-17(18)19-13)16(21)11-6-4-3-5-7-11/h8-11H,3-7H2,1-2H3,(H3,18,19,20). The number of benzene rings is 1. The summed E-state index contributed by atoms with van der Waals surface area (Å²) in [5, 5.41) is -0.598. The molecule has 0 aliphatic heterocycles. The zero-order valence-corrected chi connectivity index (χ0v) is 14.8. The van der Waals surface area contributed by atoms with Crippen molar-refractivity contribution in [2.45, 2.75) is 56.1 Å². The lowest BCUT2D eigenvalue weighted by atomic mass is 9.84. The summed E-state index contributed by atoms with van der Waals surface area (Å²) >= 11 is 0. The number of Topliss-reactive ketones (excluding diaryl/α,β-unsaturated/α-hetero) is 1. The van der Waals surface area contributed by atoms with E-state index in [1.807, 2.05) is 0 Å². The van der Waals surface area contributed by atoms with Crippen molar-refractivity contribution in [2.24, 2.45) is 5.92 Å². The summed E-state index contributed by atoms with van der Waals surface area (Å²) in [6, 6.07) is 3.16. The van der Waals surface area contributed by atoms with Crippen molar-refractivity contribution in [2.75, 3.05) is 5.73 Å². The number of nitrogens with one attached hydrogen (secondary N) is 1. The first-order valence-corrected chi connectivity index (χ1v) is 9.92. The molecule has 1 aromatic heterocycles. The molecule has 6 nitrogen and oxygen atoms in total. The quantitative estimate of drug-likeness (QED) is 0.825. The van der Waals surface area contributed by atoms with Crippen LogP contribution in [-0.2, 0) is 9.84 Å². The summed E-state index contributed by atoms with van der Waals surface area (Å²) < 4.78 is 25.4. The van der Waals surface area contributed by atoms with E-state index in [0.29, 0.717) is 16.6 Å². The summed E-state index contributed by atoms with van der Waals surface area (Å²) in [5.74, 6) is 0.142. The first-order chi connectivity index (χ1) is 11.3. The summed E-state index contributed by atoms with van der Waals surface area (Å²) in [6.07, 6.45) is 5.00.